The molecule has 0 heterocycles. The Hall–Kier alpha value is 0.459. The molecule has 0 amide bonds. The molecule has 0 fully saturated rings. The van der Waals surface area contributed by atoms with E-state index >= 15 is 0 Å². The Morgan fingerprint density at radius 2 is 1.17 bits per heavy atom. The molecule has 0 aromatic carbocycles. The summed E-state index contributed by atoms with van der Waals surface area (Å²) in [5.74, 6) is 0. The fourth-order valence-corrected chi connectivity index (χ4v) is 0. The average molecular weight is 399 g/mol. The maximum Gasteiger partial charge on any atom is 2.00 e. The van der Waals surface area contributed by atoms with Crippen molar-refractivity contribution in [1.82, 2.24) is 0 Å². The van der Waals surface area contributed by atoms with Crippen LogP contribution in [0.1, 0.15) is 39.5 Å². The van der Waals surface area contributed by atoms with Gasteiger partial charge in [-0.25, -0.2) is 8.42 Å². The molecule has 0 bridgehead atoms. The Labute approximate surface area is 124 Å². The van der Waals surface area contributed by atoms with Crippen molar-refractivity contribution in [3.8, 4) is 0 Å². The molecule has 0 aromatic heterocycles. The molecule has 0 aliphatic rings. The molecule has 9 heteroatoms. The van der Waals surface area contributed by atoms with E-state index in [1.165, 1.54) is 12.8 Å². The first kappa shape index (κ1) is 31.1. The van der Waals surface area contributed by atoms with Crippen LogP contribution in [0.15, 0.2) is 0 Å². The van der Waals surface area contributed by atoms with Gasteiger partial charge in [0.2, 0.25) is 0 Å². The summed E-state index contributed by atoms with van der Waals surface area (Å²) in [6.45, 7) is 11.4. The summed E-state index contributed by atoms with van der Waals surface area (Å²) in [6.07, 6.45) is 4.56. The van der Waals surface area contributed by atoms with Crippen LogP contribution in [0.4, 0.5) is 13.2 Å². The fraction of sp³-hybridized carbons (Fsp3) is 0.778. The third kappa shape index (κ3) is 30.0. The number of hydrogen-bond acceptors (Lipinski definition) is 4. The van der Waals surface area contributed by atoms with Crippen LogP contribution in [-0.2, 0) is 10.1 Å². The third-order valence-corrected chi connectivity index (χ3v) is 1.56. The van der Waals surface area contributed by atoms with Gasteiger partial charge in [0.25, 0.3) is 0 Å². The molecule has 0 saturated carbocycles. The largest absolute Gasteiger partial charge is 2.00 e. The summed E-state index contributed by atoms with van der Waals surface area (Å²) in [6, 6.07) is 0. The van der Waals surface area contributed by atoms with E-state index in [1.807, 2.05) is 0 Å². The Morgan fingerprint density at radius 1 is 1.06 bits per heavy atom. The minimum absolute atomic E-state index is 0. The summed E-state index contributed by atoms with van der Waals surface area (Å²) in [5, 5.41) is 0. The van der Waals surface area contributed by atoms with Crippen LogP contribution in [0.25, 0.3) is 0 Å². The Kier molecular flexibility index (Phi) is 30.1. The number of unbranched alkanes of at least 4 members (excludes halogenated alkanes) is 2. The Balaban J connectivity index is -0.0000000489. The van der Waals surface area contributed by atoms with Crippen LogP contribution < -0.4 is 0 Å². The quantitative estimate of drug-likeness (QED) is 0.406. The molecule has 0 aliphatic carbocycles. The van der Waals surface area contributed by atoms with Crippen molar-refractivity contribution in [3.63, 3.8) is 0 Å². The molecular weight excluding hydrogens is 380 g/mol. The van der Waals surface area contributed by atoms with Crippen LogP contribution in [0.3, 0.4) is 0 Å². The van der Waals surface area contributed by atoms with Gasteiger partial charge in [-0.3, -0.25) is 0 Å². The van der Waals surface area contributed by atoms with E-state index in [2.05, 4.69) is 27.7 Å². The van der Waals surface area contributed by atoms with Crippen molar-refractivity contribution in [2.24, 2.45) is 0 Å². The molecule has 18 heavy (non-hydrogen) atoms. The minimum Gasteiger partial charge on any atom is -0.870 e. The smallest absolute Gasteiger partial charge is 0.870 e. The van der Waals surface area contributed by atoms with Crippen LogP contribution in [-0.4, -0.2) is 47.9 Å². The first-order chi connectivity index (χ1) is 7.08. The van der Waals surface area contributed by atoms with Gasteiger partial charge < -0.3 is 10.0 Å². The van der Waals surface area contributed by atoms with E-state index in [0.29, 0.717) is 0 Å². The van der Waals surface area contributed by atoms with Crippen molar-refractivity contribution < 1.29 is 31.6 Å². The molecule has 0 saturated heterocycles. The first-order valence-corrected chi connectivity index (χ1v) is 6.09. The summed E-state index contributed by atoms with van der Waals surface area (Å²) in [7, 11) is -6.09. The summed E-state index contributed by atoms with van der Waals surface area (Å²) in [4.78, 5) is 0. The second-order valence-corrected chi connectivity index (χ2v) is 3.98. The van der Waals surface area contributed by atoms with E-state index < -0.39 is 15.6 Å². The number of alkyl halides is 3. The molecule has 0 aliphatic heterocycles. The normalized spacial score (nSPS) is 9.56. The second kappa shape index (κ2) is 17.5. The molecule has 1 N–H and O–H groups in total. The fourth-order valence-electron chi connectivity index (χ4n) is 0. The SMILES string of the molecule is O=S(=O)([O-])C(F)(F)F.[CH2]CCC.[CH2]CCC.[OH-].[Sn+2]. The van der Waals surface area contributed by atoms with E-state index in [0.717, 1.165) is 12.8 Å². The zero-order chi connectivity index (χ0) is 13.8. The van der Waals surface area contributed by atoms with Gasteiger partial charge in [-0.05, 0) is 0 Å². The van der Waals surface area contributed by atoms with Crippen molar-refractivity contribution >= 4 is 34.0 Å². The van der Waals surface area contributed by atoms with Gasteiger partial charge in [0.15, 0.2) is 10.1 Å². The zero-order valence-corrected chi connectivity index (χ0v) is 14.1. The standard InChI is InChI=1S/2C4H9.CHF3O3S.H2O.Sn/c2*1-3-4-2;2-1(3,4)8(5,6)7;;/h2*1,3-4H2,2H3;(H,5,6,7);1H2;/q;;;;+2/p-2. The van der Waals surface area contributed by atoms with Gasteiger partial charge in [0.05, 0.1) is 0 Å². The van der Waals surface area contributed by atoms with Crippen molar-refractivity contribution in [3.05, 3.63) is 13.8 Å². The van der Waals surface area contributed by atoms with E-state index in [9.17, 15) is 13.2 Å². The van der Waals surface area contributed by atoms with Crippen LogP contribution in [0.2, 0.25) is 0 Å². The van der Waals surface area contributed by atoms with Gasteiger partial charge in [0, 0.05) is 0 Å². The van der Waals surface area contributed by atoms with E-state index in [-0.39, 0.29) is 29.4 Å². The van der Waals surface area contributed by atoms with Gasteiger partial charge >= 0.3 is 29.4 Å². The maximum absolute atomic E-state index is 10.7. The predicted octanol–water partition coefficient (Wildman–Crippen LogP) is 2.73. The van der Waals surface area contributed by atoms with E-state index in [1.54, 1.807) is 0 Å². The van der Waals surface area contributed by atoms with Gasteiger partial charge in [0.1, 0.15) is 0 Å². The van der Waals surface area contributed by atoms with Crippen LogP contribution in [0, 0.1) is 13.8 Å². The van der Waals surface area contributed by atoms with Crippen molar-refractivity contribution in [2.45, 2.75) is 45.0 Å². The van der Waals surface area contributed by atoms with Gasteiger partial charge in [-0.2, -0.15) is 13.2 Å². The summed E-state index contributed by atoms with van der Waals surface area (Å²) < 4.78 is 58.9. The molecule has 0 unspecified atom stereocenters. The molecule has 0 aromatic rings. The van der Waals surface area contributed by atoms with Crippen LogP contribution >= 0.6 is 0 Å². The topological polar surface area (TPSA) is 87.2 Å². The van der Waals surface area contributed by atoms with Crippen molar-refractivity contribution in [1.29, 1.82) is 0 Å². The van der Waals surface area contributed by atoms with Gasteiger partial charge in [-0.15, -0.1) is 0 Å². The summed E-state index contributed by atoms with van der Waals surface area (Å²) in [5.41, 5.74) is -5.65. The molecule has 4 nitrogen and oxygen atoms in total. The third-order valence-electron chi connectivity index (χ3n) is 0.991. The molecular formula is C9H19F3O4SSn. The summed E-state index contributed by atoms with van der Waals surface area (Å²) >= 11 is 0. The molecule has 110 valence electrons. The van der Waals surface area contributed by atoms with E-state index in [4.69, 9.17) is 13.0 Å². The average Bonchev–Trinajstić information content (AvgIpc) is 2.15. The van der Waals surface area contributed by atoms with Crippen molar-refractivity contribution in [2.75, 3.05) is 0 Å². The second-order valence-electron chi connectivity index (χ2n) is 2.61. The maximum atomic E-state index is 10.7. The number of halogens is 3. The minimum atomic E-state index is -6.09. The van der Waals surface area contributed by atoms with Crippen LogP contribution in [0.5, 0.6) is 0 Å². The van der Waals surface area contributed by atoms with Gasteiger partial charge in [-0.1, -0.05) is 53.4 Å². The molecule has 4 radical (unpaired) electrons. The molecule has 0 atom stereocenters. The predicted molar refractivity (Wildman–Crippen MR) is 64.0 cm³/mol. The number of rotatable bonds is 2. The Bertz CT molecular complexity index is 222. The first-order valence-electron chi connectivity index (χ1n) is 4.69. The molecule has 0 spiro atoms. The Morgan fingerprint density at radius 3 is 1.17 bits per heavy atom. The molecule has 0 rings (SSSR count). The monoisotopic (exact) mass is 400 g/mol. The zero-order valence-electron chi connectivity index (χ0n) is 10.5. The number of hydrogen-bond donors (Lipinski definition) is 0.